The van der Waals surface area contributed by atoms with E-state index in [0.29, 0.717) is 12.1 Å². The van der Waals surface area contributed by atoms with Crippen LogP contribution in [0.2, 0.25) is 0 Å². The second-order valence-corrected chi connectivity index (χ2v) is 4.82. The molecule has 0 saturated carbocycles. The lowest BCUT2D eigenvalue weighted by atomic mass is 10.2. The Bertz CT molecular complexity index is 582. The molecule has 0 aromatic heterocycles. The molecule has 132 valence electrons. The van der Waals surface area contributed by atoms with Gasteiger partial charge in [-0.2, -0.15) is 0 Å². The van der Waals surface area contributed by atoms with Crippen molar-refractivity contribution in [3.63, 3.8) is 0 Å². The van der Waals surface area contributed by atoms with Crippen molar-refractivity contribution < 1.29 is 32.2 Å². The summed E-state index contributed by atoms with van der Waals surface area (Å²) in [6, 6.07) is 4.95. The Morgan fingerprint density at radius 2 is 1.88 bits per heavy atom. The van der Waals surface area contributed by atoms with Crippen LogP contribution in [0.15, 0.2) is 30.3 Å². The van der Waals surface area contributed by atoms with E-state index in [0.717, 1.165) is 24.6 Å². The van der Waals surface area contributed by atoms with Gasteiger partial charge in [0.1, 0.15) is 5.75 Å². The highest BCUT2D eigenvalue weighted by molar-refractivity contribution is 5.90. The zero-order valence-corrected chi connectivity index (χ0v) is 13.2. The number of hydrogen-bond donors (Lipinski definition) is 1. The number of carbonyl (C=O) groups excluding carboxylic acids is 2. The van der Waals surface area contributed by atoms with Gasteiger partial charge in [0, 0.05) is 12.6 Å². The smallest absolute Gasteiger partial charge is 0.449 e. The summed E-state index contributed by atoms with van der Waals surface area (Å²) in [6.07, 6.45) is -2.48. The van der Waals surface area contributed by atoms with Crippen LogP contribution in [0.3, 0.4) is 0 Å². The summed E-state index contributed by atoms with van der Waals surface area (Å²) in [5, 5.41) is 2.59. The molecule has 1 aromatic carbocycles. The number of rotatable bonds is 7. The molecule has 0 aliphatic carbocycles. The number of hydrogen-bond acceptors (Lipinski definition) is 4. The van der Waals surface area contributed by atoms with Gasteiger partial charge in [0.2, 0.25) is 0 Å². The largest absolute Gasteiger partial charge is 0.573 e. The van der Waals surface area contributed by atoms with Crippen LogP contribution < -0.4 is 10.1 Å². The molecule has 0 heterocycles. The molecule has 1 atom stereocenters. The molecule has 0 fully saturated rings. The van der Waals surface area contributed by atoms with Crippen molar-refractivity contribution >= 4 is 18.0 Å². The van der Waals surface area contributed by atoms with Crippen molar-refractivity contribution in [3.05, 3.63) is 35.9 Å². The van der Waals surface area contributed by atoms with E-state index in [1.54, 1.807) is 0 Å². The molecule has 1 rings (SSSR count). The van der Waals surface area contributed by atoms with E-state index in [-0.39, 0.29) is 5.75 Å². The third-order valence-corrected chi connectivity index (χ3v) is 2.74. The minimum atomic E-state index is -4.75. The van der Waals surface area contributed by atoms with Gasteiger partial charge in [0.25, 0.3) is 5.91 Å². The Hall–Kier alpha value is -2.51. The molecule has 0 saturated heterocycles. The Kier molecular flexibility index (Phi) is 7.29. The van der Waals surface area contributed by atoms with Crippen LogP contribution in [0.1, 0.15) is 25.8 Å². The molecule has 1 N–H and O–H groups in total. The lowest BCUT2D eigenvalue weighted by Gasteiger charge is -2.11. The Balaban J connectivity index is 2.53. The predicted octanol–water partition coefficient (Wildman–Crippen LogP) is 3.06. The number of amides is 1. The van der Waals surface area contributed by atoms with Gasteiger partial charge in [0.05, 0.1) is 0 Å². The predicted molar refractivity (Wildman–Crippen MR) is 81.0 cm³/mol. The third-order valence-electron chi connectivity index (χ3n) is 2.74. The highest BCUT2D eigenvalue weighted by Gasteiger charge is 2.30. The van der Waals surface area contributed by atoms with E-state index >= 15 is 0 Å². The summed E-state index contributed by atoms with van der Waals surface area (Å²) in [6.45, 7) is 3.83. The lowest BCUT2D eigenvalue weighted by Crippen LogP contribution is -2.35. The standard InChI is InChI=1S/C16H18F3NO4/c1-3-10-20-15(22)11(2)23-14(21)9-6-12-4-7-13(8-5-12)24-16(17,18)19/h4-9,11H,3,10H2,1-2H3,(H,20,22)/b9-6+/t11-/m0/s1. The molecule has 0 unspecified atom stereocenters. The number of nitrogens with one attached hydrogen (secondary N) is 1. The highest BCUT2D eigenvalue weighted by Crippen LogP contribution is 2.22. The van der Waals surface area contributed by atoms with Crippen molar-refractivity contribution in [2.75, 3.05) is 6.54 Å². The van der Waals surface area contributed by atoms with Gasteiger partial charge in [-0.05, 0) is 37.1 Å². The topological polar surface area (TPSA) is 64.6 Å². The van der Waals surface area contributed by atoms with Crippen molar-refractivity contribution in [1.82, 2.24) is 5.32 Å². The summed E-state index contributed by atoms with van der Waals surface area (Å²) in [5.41, 5.74) is 0.476. The van der Waals surface area contributed by atoms with E-state index in [1.807, 2.05) is 6.92 Å². The molecule has 0 aliphatic rings. The summed E-state index contributed by atoms with van der Waals surface area (Å²) in [4.78, 5) is 23.1. The monoisotopic (exact) mass is 345 g/mol. The zero-order valence-electron chi connectivity index (χ0n) is 13.2. The van der Waals surface area contributed by atoms with Crippen molar-refractivity contribution in [1.29, 1.82) is 0 Å². The summed E-state index contributed by atoms with van der Waals surface area (Å²) in [7, 11) is 0. The van der Waals surface area contributed by atoms with E-state index in [2.05, 4.69) is 10.1 Å². The van der Waals surface area contributed by atoms with Gasteiger partial charge in [-0.15, -0.1) is 13.2 Å². The van der Waals surface area contributed by atoms with E-state index < -0.39 is 24.3 Å². The third kappa shape index (κ3) is 7.66. The second-order valence-electron chi connectivity index (χ2n) is 4.82. The number of halogens is 3. The molecule has 0 bridgehead atoms. The number of carbonyl (C=O) groups is 2. The van der Waals surface area contributed by atoms with Crippen molar-refractivity contribution in [2.24, 2.45) is 0 Å². The van der Waals surface area contributed by atoms with Crippen LogP contribution in [0.4, 0.5) is 13.2 Å². The first-order valence-electron chi connectivity index (χ1n) is 7.23. The van der Waals surface area contributed by atoms with Gasteiger partial charge in [-0.25, -0.2) is 4.79 Å². The van der Waals surface area contributed by atoms with Crippen LogP contribution in [-0.2, 0) is 14.3 Å². The van der Waals surface area contributed by atoms with Gasteiger partial charge < -0.3 is 14.8 Å². The van der Waals surface area contributed by atoms with Gasteiger partial charge in [0.15, 0.2) is 6.10 Å². The van der Waals surface area contributed by atoms with Gasteiger partial charge >= 0.3 is 12.3 Å². The van der Waals surface area contributed by atoms with Crippen molar-refractivity contribution in [3.8, 4) is 5.75 Å². The maximum Gasteiger partial charge on any atom is 0.573 e. The molecule has 24 heavy (non-hydrogen) atoms. The van der Waals surface area contributed by atoms with Crippen LogP contribution in [0.5, 0.6) is 5.75 Å². The average molecular weight is 345 g/mol. The zero-order chi connectivity index (χ0) is 18.2. The molecular formula is C16H18F3NO4. The number of alkyl halides is 3. The first-order valence-corrected chi connectivity index (χ1v) is 7.23. The van der Waals surface area contributed by atoms with Crippen molar-refractivity contribution in [2.45, 2.75) is 32.7 Å². The lowest BCUT2D eigenvalue weighted by molar-refractivity contribution is -0.274. The van der Waals surface area contributed by atoms with Crippen LogP contribution >= 0.6 is 0 Å². The Morgan fingerprint density at radius 1 is 1.25 bits per heavy atom. The molecular weight excluding hydrogens is 327 g/mol. The van der Waals surface area contributed by atoms with E-state index in [4.69, 9.17) is 4.74 Å². The maximum absolute atomic E-state index is 12.0. The van der Waals surface area contributed by atoms with E-state index in [9.17, 15) is 22.8 Å². The fraction of sp³-hybridized carbons (Fsp3) is 0.375. The molecule has 0 spiro atoms. The summed E-state index contributed by atoms with van der Waals surface area (Å²) in [5.74, 6) is -1.49. The van der Waals surface area contributed by atoms with E-state index in [1.165, 1.54) is 25.1 Å². The first kappa shape index (κ1) is 19.5. The fourth-order valence-corrected chi connectivity index (χ4v) is 1.60. The van der Waals surface area contributed by atoms with Crippen LogP contribution in [0, 0.1) is 0 Å². The normalized spacial score (nSPS) is 12.7. The maximum atomic E-state index is 12.0. The number of esters is 1. The minimum absolute atomic E-state index is 0.358. The molecule has 5 nitrogen and oxygen atoms in total. The number of benzene rings is 1. The van der Waals surface area contributed by atoms with Crippen LogP contribution in [0.25, 0.3) is 6.08 Å². The molecule has 1 aromatic rings. The molecule has 8 heteroatoms. The molecule has 0 radical (unpaired) electrons. The van der Waals surface area contributed by atoms with Crippen LogP contribution in [-0.4, -0.2) is 30.9 Å². The van der Waals surface area contributed by atoms with Gasteiger partial charge in [-0.1, -0.05) is 19.1 Å². The summed E-state index contributed by atoms with van der Waals surface area (Å²) >= 11 is 0. The second kappa shape index (κ2) is 8.95. The molecule has 1 amide bonds. The summed E-state index contributed by atoms with van der Waals surface area (Å²) < 4.78 is 44.7. The Morgan fingerprint density at radius 3 is 2.42 bits per heavy atom. The van der Waals surface area contributed by atoms with Gasteiger partial charge in [-0.3, -0.25) is 4.79 Å². The first-order chi connectivity index (χ1) is 11.2. The SMILES string of the molecule is CCCNC(=O)[C@H](C)OC(=O)/C=C/c1ccc(OC(F)(F)F)cc1. The number of ether oxygens (including phenoxy) is 2. The average Bonchev–Trinajstić information content (AvgIpc) is 2.50. The molecule has 0 aliphatic heterocycles. The Labute approximate surface area is 137 Å². The fourth-order valence-electron chi connectivity index (χ4n) is 1.60. The quantitative estimate of drug-likeness (QED) is 0.609. The minimum Gasteiger partial charge on any atom is -0.449 e. The highest BCUT2D eigenvalue weighted by atomic mass is 19.4.